The van der Waals surface area contributed by atoms with Crippen LogP contribution in [0.4, 0.5) is 4.39 Å². The van der Waals surface area contributed by atoms with Crippen molar-refractivity contribution in [3.8, 4) is 17.0 Å². The standard InChI is InChI=1S/C14H11FN2OS2/c1-9-17-13(7-19-9)10-2-3-14(12(15)4-10)18-6-11-5-16-8-20-11/h2-5,7-8H,6H2,1H3. The first kappa shape index (κ1) is 13.2. The average Bonchev–Trinajstić information content (AvgIpc) is 3.08. The van der Waals surface area contributed by atoms with Crippen molar-refractivity contribution >= 4 is 22.7 Å². The lowest BCUT2D eigenvalue weighted by Gasteiger charge is -2.06. The molecule has 0 fully saturated rings. The van der Waals surface area contributed by atoms with Gasteiger partial charge >= 0.3 is 0 Å². The van der Waals surface area contributed by atoms with Gasteiger partial charge in [0.25, 0.3) is 0 Å². The van der Waals surface area contributed by atoms with Gasteiger partial charge in [0.1, 0.15) is 6.61 Å². The third-order valence-electron chi connectivity index (χ3n) is 2.70. The lowest BCUT2D eigenvalue weighted by atomic mass is 10.1. The fourth-order valence-corrected chi connectivity index (χ4v) is 2.86. The Hall–Kier alpha value is -1.79. The van der Waals surface area contributed by atoms with Crippen LogP contribution in [-0.2, 0) is 6.61 Å². The van der Waals surface area contributed by atoms with Crippen molar-refractivity contribution in [2.24, 2.45) is 0 Å². The molecule has 0 saturated carbocycles. The van der Waals surface area contributed by atoms with Gasteiger partial charge in [-0.25, -0.2) is 9.37 Å². The van der Waals surface area contributed by atoms with E-state index < -0.39 is 0 Å². The molecule has 3 rings (SSSR count). The first-order valence-corrected chi connectivity index (χ1v) is 7.70. The summed E-state index contributed by atoms with van der Waals surface area (Å²) in [4.78, 5) is 9.26. The third-order valence-corrected chi connectivity index (χ3v) is 4.23. The van der Waals surface area contributed by atoms with Gasteiger partial charge in [-0.1, -0.05) is 0 Å². The number of benzene rings is 1. The molecule has 3 aromatic rings. The number of rotatable bonds is 4. The van der Waals surface area contributed by atoms with Gasteiger partial charge in [0.2, 0.25) is 0 Å². The molecule has 6 heteroatoms. The van der Waals surface area contributed by atoms with Crippen molar-refractivity contribution in [1.29, 1.82) is 0 Å². The zero-order chi connectivity index (χ0) is 13.9. The minimum absolute atomic E-state index is 0.245. The third kappa shape index (κ3) is 2.86. The van der Waals surface area contributed by atoms with E-state index in [0.29, 0.717) is 6.61 Å². The van der Waals surface area contributed by atoms with Gasteiger partial charge in [0.15, 0.2) is 11.6 Å². The molecule has 0 aliphatic rings. The zero-order valence-corrected chi connectivity index (χ0v) is 12.3. The predicted molar refractivity (Wildman–Crippen MR) is 78.7 cm³/mol. The van der Waals surface area contributed by atoms with Crippen LogP contribution in [0.2, 0.25) is 0 Å². The number of nitrogens with zero attached hydrogens (tertiary/aromatic N) is 2. The maximum atomic E-state index is 14.0. The number of hydrogen-bond donors (Lipinski definition) is 0. The van der Waals surface area contributed by atoms with E-state index in [1.807, 2.05) is 18.4 Å². The second-order valence-corrected chi connectivity index (χ2v) is 6.19. The molecule has 20 heavy (non-hydrogen) atoms. The van der Waals surface area contributed by atoms with Crippen molar-refractivity contribution in [2.75, 3.05) is 0 Å². The summed E-state index contributed by atoms with van der Waals surface area (Å²) < 4.78 is 19.5. The summed E-state index contributed by atoms with van der Waals surface area (Å²) in [7, 11) is 0. The Labute approximate surface area is 123 Å². The van der Waals surface area contributed by atoms with Crippen LogP contribution >= 0.6 is 22.7 Å². The molecule has 0 spiro atoms. The van der Waals surface area contributed by atoms with Crippen LogP contribution in [0.3, 0.4) is 0 Å². The molecule has 0 N–H and O–H groups in total. The van der Waals surface area contributed by atoms with E-state index in [-0.39, 0.29) is 11.6 Å². The predicted octanol–water partition coefficient (Wildman–Crippen LogP) is 4.29. The Balaban J connectivity index is 1.77. The van der Waals surface area contributed by atoms with Crippen molar-refractivity contribution in [3.63, 3.8) is 0 Å². The van der Waals surface area contributed by atoms with E-state index in [2.05, 4.69) is 9.97 Å². The fraction of sp³-hybridized carbons (Fsp3) is 0.143. The largest absolute Gasteiger partial charge is 0.485 e. The molecule has 0 bridgehead atoms. The molecule has 0 aliphatic carbocycles. The van der Waals surface area contributed by atoms with E-state index in [1.165, 1.54) is 17.4 Å². The van der Waals surface area contributed by atoms with Gasteiger partial charge in [-0.2, -0.15) is 0 Å². The Bertz CT molecular complexity index is 710. The summed E-state index contributed by atoms with van der Waals surface area (Å²) in [6.45, 7) is 2.26. The highest BCUT2D eigenvalue weighted by Gasteiger charge is 2.09. The molecule has 0 saturated heterocycles. The minimum Gasteiger partial charge on any atom is -0.485 e. The SMILES string of the molecule is Cc1nc(-c2ccc(OCc3cncs3)c(F)c2)cs1. The quantitative estimate of drug-likeness (QED) is 0.721. The number of aryl methyl sites for hydroxylation is 1. The summed E-state index contributed by atoms with van der Waals surface area (Å²) in [5.74, 6) is -0.133. The second kappa shape index (κ2) is 5.68. The number of halogens is 1. The molecule has 0 unspecified atom stereocenters. The first-order valence-electron chi connectivity index (χ1n) is 5.94. The Morgan fingerprint density at radius 1 is 1.30 bits per heavy atom. The van der Waals surface area contributed by atoms with Crippen molar-refractivity contribution < 1.29 is 9.13 Å². The molecule has 1 aromatic carbocycles. The van der Waals surface area contributed by atoms with Gasteiger partial charge in [0, 0.05) is 17.1 Å². The van der Waals surface area contributed by atoms with Crippen LogP contribution in [0.5, 0.6) is 5.75 Å². The van der Waals surface area contributed by atoms with E-state index in [9.17, 15) is 4.39 Å². The molecule has 3 nitrogen and oxygen atoms in total. The maximum Gasteiger partial charge on any atom is 0.165 e. The molecule has 0 amide bonds. The first-order chi connectivity index (χ1) is 9.72. The van der Waals surface area contributed by atoms with Crippen LogP contribution in [0, 0.1) is 12.7 Å². The number of hydrogen-bond acceptors (Lipinski definition) is 5. The molecular weight excluding hydrogens is 295 g/mol. The molecule has 0 atom stereocenters. The lowest BCUT2D eigenvalue weighted by Crippen LogP contribution is -1.95. The van der Waals surface area contributed by atoms with E-state index in [4.69, 9.17) is 4.74 Å². The number of ether oxygens (including phenoxy) is 1. The summed E-state index contributed by atoms with van der Waals surface area (Å²) in [5, 5.41) is 2.88. The monoisotopic (exact) mass is 306 g/mol. The van der Waals surface area contributed by atoms with Crippen LogP contribution in [0.15, 0.2) is 35.3 Å². The number of aromatic nitrogens is 2. The van der Waals surface area contributed by atoms with Crippen LogP contribution in [0.25, 0.3) is 11.3 Å². The molecule has 2 aromatic heterocycles. The molecule has 0 radical (unpaired) electrons. The van der Waals surface area contributed by atoms with E-state index >= 15 is 0 Å². The Kier molecular flexibility index (Phi) is 3.75. The normalized spacial score (nSPS) is 10.7. The van der Waals surface area contributed by atoms with Crippen LogP contribution < -0.4 is 4.74 Å². The smallest absolute Gasteiger partial charge is 0.165 e. The lowest BCUT2D eigenvalue weighted by molar-refractivity contribution is 0.293. The Morgan fingerprint density at radius 2 is 2.20 bits per heavy atom. The van der Waals surface area contributed by atoms with Crippen molar-refractivity contribution in [3.05, 3.63) is 51.0 Å². The van der Waals surface area contributed by atoms with Gasteiger partial charge in [-0.05, 0) is 25.1 Å². The van der Waals surface area contributed by atoms with Crippen molar-refractivity contribution in [2.45, 2.75) is 13.5 Å². The topological polar surface area (TPSA) is 35.0 Å². The summed E-state index contributed by atoms with van der Waals surface area (Å²) in [6.07, 6.45) is 1.72. The number of thiazole rings is 2. The molecule has 102 valence electrons. The summed E-state index contributed by atoms with van der Waals surface area (Å²) >= 11 is 3.03. The molecular formula is C14H11FN2OS2. The highest BCUT2D eigenvalue weighted by atomic mass is 32.1. The Morgan fingerprint density at radius 3 is 2.85 bits per heavy atom. The van der Waals surface area contributed by atoms with Gasteiger partial charge in [0.05, 0.1) is 21.1 Å². The van der Waals surface area contributed by atoms with Gasteiger partial charge in [-0.15, -0.1) is 22.7 Å². The highest BCUT2D eigenvalue weighted by Crippen LogP contribution is 2.27. The van der Waals surface area contributed by atoms with E-state index in [1.54, 1.807) is 29.1 Å². The minimum atomic E-state index is -0.377. The fourth-order valence-electron chi connectivity index (χ4n) is 1.74. The second-order valence-electron chi connectivity index (χ2n) is 4.15. The summed E-state index contributed by atoms with van der Waals surface area (Å²) in [6, 6.07) is 4.91. The highest BCUT2D eigenvalue weighted by molar-refractivity contribution is 7.10. The molecule has 0 aliphatic heterocycles. The molecule has 2 heterocycles. The summed E-state index contributed by atoms with van der Waals surface area (Å²) in [5.41, 5.74) is 3.28. The average molecular weight is 306 g/mol. The van der Waals surface area contributed by atoms with Crippen LogP contribution in [-0.4, -0.2) is 9.97 Å². The van der Waals surface area contributed by atoms with E-state index in [0.717, 1.165) is 21.1 Å². The van der Waals surface area contributed by atoms with Crippen LogP contribution in [0.1, 0.15) is 9.88 Å². The van der Waals surface area contributed by atoms with Gasteiger partial charge in [-0.3, -0.25) is 4.98 Å². The van der Waals surface area contributed by atoms with Gasteiger partial charge < -0.3 is 4.74 Å². The van der Waals surface area contributed by atoms with Crippen molar-refractivity contribution in [1.82, 2.24) is 9.97 Å². The maximum absolute atomic E-state index is 14.0. The zero-order valence-electron chi connectivity index (χ0n) is 10.7.